The zero-order valence-corrected chi connectivity index (χ0v) is 11.4. The first-order valence-electron chi connectivity index (χ1n) is 6.14. The van der Waals surface area contributed by atoms with Crippen LogP contribution >= 0.6 is 11.6 Å². The molecule has 100 valence electrons. The number of halogens is 2. The molecule has 1 N–H and O–H groups in total. The van der Waals surface area contributed by atoms with E-state index in [9.17, 15) is 4.39 Å². The van der Waals surface area contributed by atoms with Gasteiger partial charge in [-0.25, -0.2) is 14.4 Å². The molecule has 19 heavy (non-hydrogen) atoms. The van der Waals surface area contributed by atoms with Gasteiger partial charge < -0.3 is 5.32 Å². The highest BCUT2D eigenvalue weighted by molar-refractivity contribution is 6.30. The number of hydrogen-bond donors (Lipinski definition) is 1. The van der Waals surface area contributed by atoms with E-state index in [0.29, 0.717) is 6.42 Å². The topological polar surface area (TPSA) is 37.8 Å². The summed E-state index contributed by atoms with van der Waals surface area (Å²) in [5.41, 5.74) is 1.88. The van der Waals surface area contributed by atoms with Gasteiger partial charge in [-0.3, -0.25) is 0 Å². The number of nitrogens with zero attached hydrogens (tertiary/aromatic N) is 2. The minimum absolute atomic E-state index is 0.0644. The van der Waals surface area contributed by atoms with Crippen LogP contribution in [0.25, 0.3) is 0 Å². The summed E-state index contributed by atoms with van der Waals surface area (Å²) < 4.78 is 13.1. The fourth-order valence-electron chi connectivity index (χ4n) is 1.94. The fourth-order valence-corrected chi connectivity index (χ4v) is 2.14. The van der Waals surface area contributed by atoms with Crippen LogP contribution in [0, 0.1) is 5.82 Å². The quantitative estimate of drug-likeness (QED) is 0.914. The van der Waals surface area contributed by atoms with Crippen molar-refractivity contribution in [1.82, 2.24) is 15.3 Å². The third kappa shape index (κ3) is 3.72. The summed E-state index contributed by atoms with van der Waals surface area (Å²) in [4.78, 5) is 8.16. The average molecular weight is 280 g/mol. The lowest BCUT2D eigenvalue weighted by atomic mass is 10.0. The normalized spacial score (nSPS) is 12.4. The first kappa shape index (κ1) is 13.9. The Morgan fingerprint density at radius 2 is 2.21 bits per heavy atom. The van der Waals surface area contributed by atoms with Crippen molar-refractivity contribution in [1.29, 1.82) is 0 Å². The molecule has 0 saturated carbocycles. The molecule has 0 radical (unpaired) electrons. The Balaban J connectivity index is 2.19. The van der Waals surface area contributed by atoms with Gasteiger partial charge in [0.05, 0.1) is 16.8 Å². The third-order valence-electron chi connectivity index (χ3n) is 2.84. The standard InChI is InChI=1S/C14H15ClFN3/c1-2-18-14(13-5-6-17-9-19-13)8-10-3-4-12(16)11(15)7-10/h3-7,9,14,18H,2,8H2,1H3. The molecule has 3 nitrogen and oxygen atoms in total. The number of benzene rings is 1. The molecule has 0 aliphatic rings. The molecular weight excluding hydrogens is 265 g/mol. The number of hydrogen-bond acceptors (Lipinski definition) is 3. The summed E-state index contributed by atoms with van der Waals surface area (Å²) in [7, 11) is 0. The molecule has 0 aliphatic heterocycles. The van der Waals surface area contributed by atoms with Crippen LogP contribution in [0.1, 0.15) is 24.2 Å². The molecule has 0 fully saturated rings. The van der Waals surface area contributed by atoms with Gasteiger partial charge in [0.1, 0.15) is 12.1 Å². The van der Waals surface area contributed by atoms with Crippen LogP contribution in [-0.4, -0.2) is 16.5 Å². The Hall–Kier alpha value is -1.52. The van der Waals surface area contributed by atoms with Crippen LogP contribution < -0.4 is 5.32 Å². The molecule has 0 spiro atoms. The zero-order valence-electron chi connectivity index (χ0n) is 10.6. The summed E-state index contributed by atoms with van der Waals surface area (Å²) in [6, 6.07) is 6.73. The van der Waals surface area contributed by atoms with Gasteiger partial charge in [0.15, 0.2) is 0 Å². The van der Waals surface area contributed by atoms with Crippen LogP contribution in [-0.2, 0) is 6.42 Å². The number of likely N-dealkylation sites (N-methyl/N-ethyl adjacent to an activating group) is 1. The van der Waals surface area contributed by atoms with Crippen molar-refractivity contribution in [3.8, 4) is 0 Å². The Morgan fingerprint density at radius 1 is 1.37 bits per heavy atom. The van der Waals surface area contributed by atoms with E-state index in [1.54, 1.807) is 18.3 Å². The smallest absolute Gasteiger partial charge is 0.141 e. The molecule has 0 amide bonds. The van der Waals surface area contributed by atoms with Crippen molar-refractivity contribution in [2.24, 2.45) is 0 Å². The Bertz CT molecular complexity index is 533. The summed E-state index contributed by atoms with van der Waals surface area (Å²) in [5.74, 6) is -0.396. The monoisotopic (exact) mass is 279 g/mol. The highest BCUT2D eigenvalue weighted by Gasteiger charge is 2.13. The average Bonchev–Trinajstić information content (AvgIpc) is 2.43. The molecule has 2 rings (SSSR count). The van der Waals surface area contributed by atoms with Gasteiger partial charge in [-0.15, -0.1) is 0 Å². The van der Waals surface area contributed by atoms with Gasteiger partial charge >= 0.3 is 0 Å². The maximum Gasteiger partial charge on any atom is 0.141 e. The van der Waals surface area contributed by atoms with E-state index in [-0.39, 0.29) is 11.1 Å². The SMILES string of the molecule is CCNC(Cc1ccc(F)c(Cl)c1)c1ccncn1. The van der Waals surface area contributed by atoms with Gasteiger partial charge in [-0.2, -0.15) is 0 Å². The van der Waals surface area contributed by atoms with Gasteiger partial charge in [-0.05, 0) is 36.7 Å². The van der Waals surface area contributed by atoms with Crippen molar-refractivity contribution in [2.75, 3.05) is 6.54 Å². The van der Waals surface area contributed by atoms with Gasteiger partial charge in [0.2, 0.25) is 0 Å². The molecule has 1 aromatic heterocycles. The summed E-state index contributed by atoms with van der Waals surface area (Å²) >= 11 is 5.80. The molecular formula is C14H15ClFN3. The zero-order chi connectivity index (χ0) is 13.7. The minimum atomic E-state index is -0.396. The molecule has 1 atom stereocenters. The van der Waals surface area contributed by atoms with E-state index in [2.05, 4.69) is 15.3 Å². The lowest BCUT2D eigenvalue weighted by Gasteiger charge is -2.17. The molecule has 0 bridgehead atoms. The van der Waals surface area contributed by atoms with E-state index < -0.39 is 5.82 Å². The van der Waals surface area contributed by atoms with Crippen LogP contribution in [0.5, 0.6) is 0 Å². The van der Waals surface area contributed by atoms with Gasteiger partial charge in [-0.1, -0.05) is 24.6 Å². The van der Waals surface area contributed by atoms with Crippen molar-refractivity contribution in [2.45, 2.75) is 19.4 Å². The van der Waals surface area contributed by atoms with Gasteiger partial charge in [0.25, 0.3) is 0 Å². The van der Waals surface area contributed by atoms with Crippen LogP contribution in [0.4, 0.5) is 4.39 Å². The fraction of sp³-hybridized carbons (Fsp3) is 0.286. The summed E-state index contributed by atoms with van der Waals surface area (Å²) in [5, 5.41) is 3.50. The Kier molecular flexibility index (Phi) is 4.82. The second kappa shape index (κ2) is 6.59. The van der Waals surface area contributed by atoms with E-state index in [1.807, 2.05) is 13.0 Å². The molecule has 0 saturated heterocycles. The van der Waals surface area contributed by atoms with Crippen LogP contribution in [0.3, 0.4) is 0 Å². The summed E-state index contributed by atoms with van der Waals surface area (Å²) in [6.07, 6.45) is 3.94. The second-order valence-electron chi connectivity index (χ2n) is 4.20. The molecule has 0 aliphatic carbocycles. The number of nitrogens with one attached hydrogen (secondary N) is 1. The lowest BCUT2D eigenvalue weighted by Crippen LogP contribution is -2.23. The molecule has 1 heterocycles. The van der Waals surface area contributed by atoms with E-state index >= 15 is 0 Å². The first-order chi connectivity index (χ1) is 9.20. The van der Waals surface area contributed by atoms with Crippen molar-refractivity contribution in [3.63, 3.8) is 0 Å². The summed E-state index contributed by atoms with van der Waals surface area (Å²) in [6.45, 7) is 2.86. The highest BCUT2D eigenvalue weighted by Crippen LogP contribution is 2.21. The maximum atomic E-state index is 13.1. The van der Waals surface area contributed by atoms with E-state index in [4.69, 9.17) is 11.6 Å². The third-order valence-corrected chi connectivity index (χ3v) is 3.13. The maximum absolute atomic E-state index is 13.1. The van der Waals surface area contributed by atoms with Crippen molar-refractivity contribution in [3.05, 3.63) is 58.9 Å². The predicted molar refractivity (Wildman–Crippen MR) is 73.6 cm³/mol. The minimum Gasteiger partial charge on any atom is -0.309 e. The van der Waals surface area contributed by atoms with Crippen LogP contribution in [0.15, 0.2) is 36.8 Å². The van der Waals surface area contributed by atoms with Crippen molar-refractivity contribution < 1.29 is 4.39 Å². The Morgan fingerprint density at radius 3 is 2.84 bits per heavy atom. The number of aromatic nitrogens is 2. The largest absolute Gasteiger partial charge is 0.309 e. The predicted octanol–water partition coefficient (Wildman–Crippen LogP) is 3.16. The molecule has 2 aromatic rings. The van der Waals surface area contributed by atoms with Crippen LogP contribution in [0.2, 0.25) is 5.02 Å². The first-order valence-corrected chi connectivity index (χ1v) is 6.51. The van der Waals surface area contributed by atoms with Gasteiger partial charge in [0, 0.05) is 6.20 Å². The van der Waals surface area contributed by atoms with E-state index in [1.165, 1.54) is 12.4 Å². The van der Waals surface area contributed by atoms with Crippen molar-refractivity contribution >= 4 is 11.6 Å². The Labute approximate surface area is 116 Å². The molecule has 1 unspecified atom stereocenters. The molecule has 5 heteroatoms. The highest BCUT2D eigenvalue weighted by atomic mass is 35.5. The second-order valence-corrected chi connectivity index (χ2v) is 4.60. The van der Waals surface area contributed by atoms with E-state index in [0.717, 1.165) is 17.8 Å². The molecule has 1 aromatic carbocycles. The number of rotatable bonds is 5. The lowest BCUT2D eigenvalue weighted by molar-refractivity contribution is 0.534.